The third-order valence-electron chi connectivity index (χ3n) is 2.70. The van der Waals surface area contributed by atoms with Crippen LogP contribution in [-0.4, -0.2) is 18.5 Å². The predicted octanol–water partition coefficient (Wildman–Crippen LogP) is 1.39. The molecule has 0 unspecified atom stereocenters. The van der Waals surface area contributed by atoms with Crippen LogP contribution < -0.4 is 5.32 Å². The van der Waals surface area contributed by atoms with E-state index in [1.165, 1.54) is 0 Å². The van der Waals surface area contributed by atoms with E-state index >= 15 is 0 Å². The molecule has 0 aromatic rings. The Hall–Kier alpha value is -0.180. The molecular formula is C7H11F2N. The molecular weight excluding hydrogens is 136 g/mol. The molecule has 0 aromatic heterocycles. The van der Waals surface area contributed by atoms with Gasteiger partial charge in [-0.25, -0.2) is 8.78 Å². The Labute approximate surface area is 58.8 Å². The molecule has 1 aliphatic carbocycles. The largest absolute Gasteiger partial charge is 0.313 e. The summed E-state index contributed by atoms with van der Waals surface area (Å²) in [4.78, 5) is 0. The molecule has 1 nitrogen and oxygen atoms in total. The molecule has 2 aliphatic rings. The first-order chi connectivity index (χ1) is 4.56. The van der Waals surface area contributed by atoms with Crippen molar-refractivity contribution in [3.8, 4) is 0 Å². The molecule has 3 heteroatoms. The first kappa shape index (κ1) is 6.53. The van der Waals surface area contributed by atoms with Crippen molar-refractivity contribution < 1.29 is 8.78 Å². The van der Waals surface area contributed by atoms with Crippen LogP contribution in [0.25, 0.3) is 0 Å². The summed E-state index contributed by atoms with van der Waals surface area (Å²) in [7, 11) is 0. The molecule has 10 heavy (non-hydrogen) atoms. The van der Waals surface area contributed by atoms with Gasteiger partial charge in [-0.3, -0.25) is 0 Å². The van der Waals surface area contributed by atoms with Gasteiger partial charge in [-0.15, -0.1) is 0 Å². The minimum absolute atomic E-state index is 0.108. The molecule has 2 fully saturated rings. The Morgan fingerprint density at radius 1 is 1.50 bits per heavy atom. The van der Waals surface area contributed by atoms with Gasteiger partial charge in [-0.05, 0) is 13.3 Å². The summed E-state index contributed by atoms with van der Waals surface area (Å²) in [6.45, 7) is 2.48. The molecule has 1 N–H and O–H groups in total. The molecule has 1 saturated heterocycles. The Morgan fingerprint density at radius 2 is 2.10 bits per heavy atom. The third-order valence-corrected chi connectivity index (χ3v) is 2.70. The predicted molar refractivity (Wildman–Crippen MR) is 34.1 cm³/mol. The summed E-state index contributed by atoms with van der Waals surface area (Å²) in [6.07, 6.45) is 0.761. The molecule has 2 atom stereocenters. The Morgan fingerprint density at radius 3 is 2.30 bits per heavy atom. The van der Waals surface area contributed by atoms with Crippen LogP contribution in [-0.2, 0) is 0 Å². The number of hydrogen-bond donors (Lipinski definition) is 1. The maximum absolute atomic E-state index is 12.6. The van der Waals surface area contributed by atoms with E-state index < -0.39 is 11.3 Å². The minimum atomic E-state index is -2.36. The molecule has 58 valence electrons. The number of nitrogens with one attached hydrogen (secondary N) is 1. The average Bonchev–Trinajstić information content (AvgIpc) is 2.20. The van der Waals surface area contributed by atoms with Gasteiger partial charge in [0.2, 0.25) is 0 Å². The highest BCUT2D eigenvalue weighted by molar-refractivity contribution is 5.15. The van der Waals surface area contributed by atoms with Crippen LogP contribution in [0.2, 0.25) is 0 Å². The van der Waals surface area contributed by atoms with Crippen LogP contribution in [0.3, 0.4) is 0 Å². The monoisotopic (exact) mass is 147 g/mol. The molecule has 1 aliphatic heterocycles. The second-order valence-electron chi connectivity index (χ2n) is 3.65. The lowest BCUT2D eigenvalue weighted by Crippen LogP contribution is -2.18. The lowest BCUT2D eigenvalue weighted by atomic mass is 10.0. The molecule has 0 radical (unpaired) electrons. The van der Waals surface area contributed by atoms with Crippen LogP contribution in [0, 0.1) is 5.41 Å². The maximum Gasteiger partial charge on any atom is 0.255 e. The van der Waals surface area contributed by atoms with Gasteiger partial charge < -0.3 is 5.32 Å². The zero-order valence-corrected chi connectivity index (χ0v) is 5.95. The zero-order valence-electron chi connectivity index (χ0n) is 5.95. The number of rotatable bonds is 0. The van der Waals surface area contributed by atoms with E-state index in [1.807, 2.05) is 6.92 Å². The highest BCUT2D eigenvalue weighted by Gasteiger charge is 2.72. The van der Waals surface area contributed by atoms with E-state index in [0.29, 0.717) is 13.0 Å². The molecule has 0 bridgehead atoms. The number of alkyl halides is 2. The fourth-order valence-corrected chi connectivity index (χ4v) is 1.89. The first-order valence-corrected chi connectivity index (χ1v) is 3.67. The SMILES string of the molecule is C[C@@H]1C[C@@]2(CN1)CC2(F)F. The van der Waals surface area contributed by atoms with Gasteiger partial charge in [0.1, 0.15) is 0 Å². The second-order valence-corrected chi connectivity index (χ2v) is 3.65. The van der Waals surface area contributed by atoms with Crippen LogP contribution in [0.5, 0.6) is 0 Å². The molecule has 0 amide bonds. The van der Waals surface area contributed by atoms with E-state index in [2.05, 4.69) is 5.32 Å². The summed E-state index contributed by atoms with van der Waals surface area (Å²) in [6, 6.07) is 0.286. The zero-order chi connectivity index (χ0) is 7.41. The maximum atomic E-state index is 12.6. The van der Waals surface area contributed by atoms with Crippen molar-refractivity contribution in [1.29, 1.82) is 0 Å². The summed E-state index contributed by atoms with van der Waals surface area (Å²) in [5.74, 6) is -2.36. The quantitative estimate of drug-likeness (QED) is 0.546. The fourth-order valence-electron chi connectivity index (χ4n) is 1.89. The van der Waals surface area contributed by atoms with Crippen molar-refractivity contribution in [2.24, 2.45) is 5.41 Å². The third kappa shape index (κ3) is 0.641. The smallest absolute Gasteiger partial charge is 0.255 e. The summed E-state index contributed by atoms with van der Waals surface area (Å²) < 4.78 is 25.3. The van der Waals surface area contributed by atoms with Crippen molar-refractivity contribution in [2.75, 3.05) is 6.54 Å². The number of halogens is 2. The lowest BCUT2D eigenvalue weighted by Gasteiger charge is -2.03. The van der Waals surface area contributed by atoms with E-state index in [9.17, 15) is 8.78 Å². The lowest BCUT2D eigenvalue weighted by molar-refractivity contribution is 0.0698. The van der Waals surface area contributed by atoms with Crippen LogP contribution >= 0.6 is 0 Å². The van der Waals surface area contributed by atoms with Crippen LogP contribution in [0.1, 0.15) is 19.8 Å². The van der Waals surface area contributed by atoms with Gasteiger partial charge in [0.25, 0.3) is 5.92 Å². The summed E-state index contributed by atoms with van der Waals surface area (Å²) in [5.41, 5.74) is -0.633. The average molecular weight is 147 g/mol. The van der Waals surface area contributed by atoms with Crippen LogP contribution in [0.15, 0.2) is 0 Å². The normalized spacial score (nSPS) is 50.1. The van der Waals surface area contributed by atoms with Crippen molar-refractivity contribution in [3.05, 3.63) is 0 Å². The summed E-state index contributed by atoms with van der Waals surface area (Å²) >= 11 is 0. The van der Waals surface area contributed by atoms with Gasteiger partial charge in [-0.1, -0.05) is 0 Å². The Balaban J connectivity index is 2.09. The first-order valence-electron chi connectivity index (χ1n) is 3.67. The van der Waals surface area contributed by atoms with Gasteiger partial charge in [0, 0.05) is 19.0 Å². The highest BCUT2D eigenvalue weighted by atomic mass is 19.3. The van der Waals surface area contributed by atoms with Crippen LogP contribution in [0.4, 0.5) is 8.78 Å². The fraction of sp³-hybridized carbons (Fsp3) is 1.00. The Bertz CT molecular complexity index is 169. The summed E-state index contributed by atoms with van der Waals surface area (Å²) in [5, 5.41) is 3.05. The minimum Gasteiger partial charge on any atom is -0.313 e. The van der Waals surface area contributed by atoms with Crippen molar-refractivity contribution >= 4 is 0 Å². The van der Waals surface area contributed by atoms with Crippen molar-refractivity contribution in [3.63, 3.8) is 0 Å². The molecule has 1 spiro atoms. The van der Waals surface area contributed by atoms with Gasteiger partial charge in [0.15, 0.2) is 0 Å². The van der Waals surface area contributed by atoms with Gasteiger partial charge in [-0.2, -0.15) is 0 Å². The van der Waals surface area contributed by atoms with Crippen molar-refractivity contribution in [2.45, 2.75) is 31.7 Å². The standard InChI is InChI=1S/C7H11F2N/c1-5-2-6(4-10-5)3-7(6,8)9/h5,10H,2-4H2,1H3/t5-,6+/m1/s1. The molecule has 1 saturated carbocycles. The molecule has 0 aromatic carbocycles. The van der Waals surface area contributed by atoms with E-state index in [-0.39, 0.29) is 12.5 Å². The van der Waals surface area contributed by atoms with Gasteiger partial charge >= 0.3 is 0 Å². The van der Waals surface area contributed by atoms with Crippen molar-refractivity contribution in [1.82, 2.24) is 5.32 Å². The van der Waals surface area contributed by atoms with E-state index in [0.717, 1.165) is 0 Å². The van der Waals surface area contributed by atoms with Gasteiger partial charge in [0.05, 0.1) is 5.41 Å². The topological polar surface area (TPSA) is 12.0 Å². The molecule has 1 heterocycles. The van der Waals surface area contributed by atoms with E-state index in [4.69, 9.17) is 0 Å². The van der Waals surface area contributed by atoms with E-state index in [1.54, 1.807) is 0 Å². The second kappa shape index (κ2) is 1.52. The highest BCUT2D eigenvalue weighted by Crippen LogP contribution is 2.64. The molecule has 2 rings (SSSR count). The number of hydrogen-bond acceptors (Lipinski definition) is 1. The Kier molecular flexibility index (Phi) is 0.994.